The van der Waals surface area contributed by atoms with Crippen molar-refractivity contribution >= 4 is 27.3 Å². The summed E-state index contributed by atoms with van der Waals surface area (Å²) in [5.41, 5.74) is 3.59. The second-order valence-corrected chi connectivity index (χ2v) is 8.03. The van der Waals surface area contributed by atoms with Gasteiger partial charge in [-0.1, -0.05) is 48.0 Å². The molecule has 4 aromatic rings. The summed E-state index contributed by atoms with van der Waals surface area (Å²) in [5.74, 6) is 0.0222. The first-order valence-electron chi connectivity index (χ1n) is 9.50. The Labute approximate surface area is 168 Å². The molecular formula is C23H23N3OS. The number of carbonyl (C=O) groups is 1. The Balaban J connectivity index is 1.51. The number of nitrogens with zero attached hydrogens (tertiary/aromatic N) is 2. The van der Waals surface area contributed by atoms with Crippen molar-refractivity contribution in [2.45, 2.75) is 26.3 Å². The molecule has 0 fully saturated rings. The molecule has 142 valence electrons. The van der Waals surface area contributed by atoms with Crippen LogP contribution >= 0.6 is 11.3 Å². The van der Waals surface area contributed by atoms with E-state index in [0.29, 0.717) is 6.54 Å². The molecule has 0 aliphatic rings. The number of aromatic nitrogens is 2. The highest BCUT2D eigenvalue weighted by Gasteiger charge is 2.18. The molecule has 4 rings (SSSR count). The van der Waals surface area contributed by atoms with Crippen LogP contribution in [0.5, 0.6) is 0 Å². The van der Waals surface area contributed by atoms with Gasteiger partial charge in [0.25, 0.3) is 5.91 Å². The summed E-state index contributed by atoms with van der Waals surface area (Å²) in [6.07, 6.45) is 7.15. The van der Waals surface area contributed by atoms with Gasteiger partial charge in [-0.15, -0.1) is 11.3 Å². The number of aryl methyl sites for hydroxylation is 2. The van der Waals surface area contributed by atoms with Crippen LogP contribution in [-0.4, -0.2) is 22.0 Å². The highest BCUT2D eigenvalue weighted by Crippen LogP contribution is 2.33. The second kappa shape index (κ2) is 8.40. The van der Waals surface area contributed by atoms with Crippen LogP contribution < -0.4 is 5.32 Å². The Bertz CT molecular complexity index is 1070. The molecule has 0 saturated carbocycles. The SMILES string of the molecule is Cc1ccc(Cc2c(C(=O)NCCCn3ccnc3)sc3ccccc23)cc1. The summed E-state index contributed by atoms with van der Waals surface area (Å²) < 4.78 is 3.18. The number of rotatable bonds is 7. The van der Waals surface area contributed by atoms with E-state index >= 15 is 0 Å². The van der Waals surface area contributed by atoms with Gasteiger partial charge in [-0.25, -0.2) is 4.98 Å². The zero-order valence-corrected chi connectivity index (χ0v) is 16.7. The highest BCUT2D eigenvalue weighted by molar-refractivity contribution is 7.21. The topological polar surface area (TPSA) is 46.9 Å². The molecule has 1 amide bonds. The fraction of sp³-hybridized carbons (Fsp3) is 0.217. The molecule has 0 saturated heterocycles. The molecule has 0 unspecified atom stereocenters. The summed E-state index contributed by atoms with van der Waals surface area (Å²) in [6.45, 7) is 3.59. The van der Waals surface area contributed by atoms with Crippen molar-refractivity contribution in [3.63, 3.8) is 0 Å². The largest absolute Gasteiger partial charge is 0.351 e. The third-order valence-electron chi connectivity index (χ3n) is 4.84. The molecule has 0 spiro atoms. The fourth-order valence-corrected chi connectivity index (χ4v) is 4.47. The van der Waals surface area contributed by atoms with Crippen LogP contribution in [-0.2, 0) is 13.0 Å². The zero-order valence-electron chi connectivity index (χ0n) is 15.9. The van der Waals surface area contributed by atoms with E-state index in [0.717, 1.165) is 34.5 Å². The van der Waals surface area contributed by atoms with Crippen molar-refractivity contribution < 1.29 is 4.79 Å². The van der Waals surface area contributed by atoms with Crippen LogP contribution in [0.3, 0.4) is 0 Å². The molecule has 0 aliphatic heterocycles. The monoisotopic (exact) mass is 389 g/mol. The van der Waals surface area contributed by atoms with Gasteiger partial charge in [0.15, 0.2) is 0 Å². The molecule has 28 heavy (non-hydrogen) atoms. The lowest BCUT2D eigenvalue weighted by atomic mass is 10.0. The Morgan fingerprint density at radius 1 is 1.14 bits per heavy atom. The number of hydrogen-bond donors (Lipinski definition) is 1. The molecule has 0 aliphatic carbocycles. The van der Waals surface area contributed by atoms with E-state index in [1.54, 1.807) is 23.9 Å². The predicted molar refractivity (Wildman–Crippen MR) is 115 cm³/mol. The van der Waals surface area contributed by atoms with Crippen molar-refractivity contribution in [3.8, 4) is 0 Å². The highest BCUT2D eigenvalue weighted by atomic mass is 32.1. The van der Waals surface area contributed by atoms with E-state index in [-0.39, 0.29) is 5.91 Å². The number of hydrogen-bond acceptors (Lipinski definition) is 3. The number of amides is 1. The van der Waals surface area contributed by atoms with Crippen molar-refractivity contribution in [2.75, 3.05) is 6.54 Å². The lowest BCUT2D eigenvalue weighted by molar-refractivity contribution is 0.0956. The van der Waals surface area contributed by atoms with E-state index < -0.39 is 0 Å². The number of carbonyl (C=O) groups excluding carboxylic acids is 1. The first kappa shape index (κ1) is 18.4. The summed E-state index contributed by atoms with van der Waals surface area (Å²) in [6, 6.07) is 16.8. The van der Waals surface area contributed by atoms with Crippen LogP contribution in [0.15, 0.2) is 67.3 Å². The predicted octanol–water partition coefficient (Wildman–Crippen LogP) is 4.82. The summed E-state index contributed by atoms with van der Waals surface area (Å²) in [5, 5.41) is 4.27. The molecule has 2 aromatic heterocycles. The molecule has 0 radical (unpaired) electrons. The number of nitrogens with one attached hydrogen (secondary N) is 1. The second-order valence-electron chi connectivity index (χ2n) is 6.98. The van der Waals surface area contributed by atoms with Gasteiger partial charge in [0.05, 0.1) is 11.2 Å². The van der Waals surface area contributed by atoms with Gasteiger partial charge in [-0.3, -0.25) is 4.79 Å². The van der Waals surface area contributed by atoms with Crippen molar-refractivity contribution in [1.82, 2.24) is 14.9 Å². The van der Waals surface area contributed by atoms with Gasteiger partial charge in [0.2, 0.25) is 0 Å². The number of fused-ring (bicyclic) bond motifs is 1. The number of benzene rings is 2. The third-order valence-corrected chi connectivity index (χ3v) is 6.06. The van der Waals surface area contributed by atoms with Gasteiger partial charge in [0, 0.05) is 30.2 Å². The first-order chi connectivity index (χ1) is 13.7. The normalized spacial score (nSPS) is 11.0. The minimum absolute atomic E-state index is 0.0222. The van der Waals surface area contributed by atoms with Crippen LogP contribution in [0.25, 0.3) is 10.1 Å². The third kappa shape index (κ3) is 4.15. The quantitative estimate of drug-likeness (QED) is 0.461. The average Bonchev–Trinajstić information content (AvgIpc) is 3.35. The first-order valence-corrected chi connectivity index (χ1v) is 10.3. The minimum atomic E-state index is 0.0222. The maximum Gasteiger partial charge on any atom is 0.261 e. The number of imidazole rings is 1. The zero-order chi connectivity index (χ0) is 19.3. The van der Waals surface area contributed by atoms with Crippen LogP contribution in [0.2, 0.25) is 0 Å². The molecule has 2 aromatic carbocycles. The molecule has 2 heterocycles. The lowest BCUT2D eigenvalue weighted by Crippen LogP contribution is -2.25. The summed E-state index contributed by atoms with van der Waals surface area (Å²) >= 11 is 1.58. The van der Waals surface area contributed by atoms with Crippen LogP contribution in [0.1, 0.15) is 32.8 Å². The Morgan fingerprint density at radius 2 is 1.96 bits per heavy atom. The average molecular weight is 390 g/mol. The van der Waals surface area contributed by atoms with Gasteiger partial charge in [-0.05, 0) is 42.3 Å². The molecule has 4 nitrogen and oxygen atoms in total. The van der Waals surface area contributed by atoms with Crippen molar-refractivity contribution in [2.24, 2.45) is 0 Å². The van der Waals surface area contributed by atoms with Gasteiger partial charge in [0.1, 0.15) is 0 Å². The van der Waals surface area contributed by atoms with E-state index in [1.807, 2.05) is 22.9 Å². The Morgan fingerprint density at radius 3 is 2.75 bits per heavy atom. The van der Waals surface area contributed by atoms with Crippen LogP contribution in [0.4, 0.5) is 0 Å². The van der Waals surface area contributed by atoms with Crippen LogP contribution in [0, 0.1) is 6.92 Å². The Hall–Kier alpha value is -2.92. The lowest BCUT2D eigenvalue weighted by Gasteiger charge is -2.08. The van der Waals surface area contributed by atoms with Crippen molar-refractivity contribution in [1.29, 1.82) is 0 Å². The standard InChI is InChI=1S/C23H23N3OS/c1-17-7-9-18(10-8-17)15-20-19-5-2-3-6-21(19)28-22(20)23(27)25-11-4-13-26-14-12-24-16-26/h2-3,5-10,12,14,16H,4,11,13,15H2,1H3,(H,25,27). The van der Waals surface area contributed by atoms with E-state index in [2.05, 4.69) is 53.6 Å². The van der Waals surface area contributed by atoms with E-state index in [4.69, 9.17) is 0 Å². The molecule has 5 heteroatoms. The smallest absolute Gasteiger partial charge is 0.261 e. The number of thiophene rings is 1. The molecule has 1 N–H and O–H groups in total. The maximum absolute atomic E-state index is 12.9. The minimum Gasteiger partial charge on any atom is -0.351 e. The van der Waals surface area contributed by atoms with Gasteiger partial charge >= 0.3 is 0 Å². The van der Waals surface area contributed by atoms with E-state index in [9.17, 15) is 4.79 Å². The van der Waals surface area contributed by atoms with Gasteiger partial charge < -0.3 is 9.88 Å². The molecule has 0 atom stereocenters. The van der Waals surface area contributed by atoms with Gasteiger partial charge in [-0.2, -0.15) is 0 Å². The molecule has 0 bridgehead atoms. The maximum atomic E-state index is 12.9. The Kier molecular flexibility index (Phi) is 5.53. The fourth-order valence-electron chi connectivity index (χ4n) is 3.33. The summed E-state index contributed by atoms with van der Waals surface area (Å²) in [7, 11) is 0. The van der Waals surface area contributed by atoms with E-state index in [1.165, 1.54) is 16.5 Å². The van der Waals surface area contributed by atoms with Crippen molar-refractivity contribution in [3.05, 3.63) is 88.8 Å². The summed E-state index contributed by atoms with van der Waals surface area (Å²) in [4.78, 5) is 17.8. The molecular weight excluding hydrogens is 366 g/mol.